The summed E-state index contributed by atoms with van der Waals surface area (Å²) < 4.78 is 69.8. The van der Waals surface area contributed by atoms with Crippen LogP contribution in [-0.2, 0) is 22.4 Å². The summed E-state index contributed by atoms with van der Waals surface area (Å²) in [5.74, 6) is -3.13. The smallest absolute Gasteiger partial charge is 0.490 e. The molecule has 2 aliphatic rings. The van der Waals surface area contributed by atoms with Gasteiger partial charge >= 0.3 is 30.3 Å². The van der Waals surface area contributed by atoms with Gasteiger partial charge in [0.15, 0.2) is 5.82 Å². The van der Waals surface area contributed by atoms with Crippen LogP contribution in [0.25, 0.3) is 0 Å². The number of carbonyl (C=O) groups excluding carboxylic acids is 1. The van der Waals surface area contributed by atoms with Crippen molar-refractivity contribution < 1.29 is 55.7 Å². The quantitative estimate of drug-likeness (QED) is 0.123. The predicted octanol–water partition coefficient (Wildman–Crippen LogP) is 8.15. The van der Waals surface area contributed by atoms with Crippen molar-refractivity contribution >= 4 is 69.0 Å². The minimum atomic E-state index is -5.08. The van der Waals surface area contributed by atoms with Gasteiger partial charge in [-0.05, 0) is 90.9 Å². The lowest BCUT2D eigenvalue weighted by atomic mass is 9.94. The predicted molar refractivity (Wildman–Crippen MR) is 187 cm³/mol. The number of aliphatic carboxylic acids is 2. The summed E-state index contributed by atoms with van der Waals surface area (Å²) in [4.78, 5) is 45.5. The van der Waals surface area contributed by atoms with Gasteiger partial charge in [-0.2, -0.15) is 31.3 Å². The Morgan fingerprint density at radius 2 is 1.63 bits per heavy atom. The van der Waals surface area contributed by atoms with E-state index in [2.05, 4.69) is 43.0 Å². The molecule has 4 aromatic rings. The number of aromatic nitrogens is 3. The Labute approximate surface area is 312 Å². The summed E-state index contributed by atoms with van der Waals surface area (Å²) in [5, 5.41) is 27.1. The van der Waals surface area contributed by atoms with E-state index in [0.717, 1.165) is 78.4 Å². The van der Waals surface area contributed by atoms with Crippen molar-refractivity contribution in [3.05, 3.63) is 76.5 Å². The molecule has 290 valence electrons. The minimum absolute atomic E-state index is 0.0122. The summed E-state index contributed by atoms with van der Waals surface area (Å²) >= 11 is 7.92. The molecule has 0 spiro atoms. The number of nitrogens with one attached hydrogen (secondary N) is 3. The van der Waals surface area contributed by atoms with Crippen molar-refractivity contribution in [2.24, 2.45) is 5.92 Å². The SMILES string of the molecule is O=C(Nc1cccs1)N1CCC(CCOc2ccc3cc2CCc2cncc(c2)Nc2ncc(Cl)c(n2)N3)CC1.O=C(O)C(F)(F)F.O=C(O)C(F)(F)F. The number of thiophene rings is 1. The van der Waals surface area contributed by atoms with E-state index >= 15 is 0 Å². The maximum absolute atomic E-state index is 12.5. The molecule has 0 radical (unpaired) electrons. The highest BCUT2D eigenvalue weighted by Gasteiger charge is 2.39. The summed E-state index contributed by atoms with van der Waals surface area (Å²) in [6, 6.07) is 12.0. The molecule has 5 N–H and O–H groups in total. The van der Waals surface area contributed by atoms with Crippen LogP contribution in [0.2, 0.25) is 5.02 Å². The fourth-order valence-electron chi connectivity index (χ4n) is 5.04. The topological polar surface area (TPSA) is 179 Å². The Morgan fingerprint density at radius 1 is 0.944 bits per heavy atom. The van der Waals surface area contributed by atoms with E-state index in [9.17, 15) is 31.1 Å². The minimum Gasteiger partial charge on any atom is -0.493 e. The molecule has 1 aromatic carbocycles. The summed E-state index contributed by atoms with van der Waals surface area (Å²) in [5.41, 5.74) is 3.92. The summed E-state index contributed by atoms with van der Waals surface area (Å²) in [7, 11) is 0. The average molecular weight is 804 g/mol. The fraction of sp³-hybridized carbons (Fsp3) is 0.333. The van der Waals surface area contributed by atoms with Gasteiger partial charge in [-0.15, -0.1) is 11.3 Å². The van der Waals surface area contributed by atoms with Crippen molar-refractivity contribution in [2.45, 2.75) is 44.5 Å². The zero-order chi connectivity index (χ0) is 39.5. The van der Waals surface area contributed by atoms with Gasteiger partial charge in [-0.3, -0.25) is 10.3 Å². The maximum atomic E-state index is 12.5. The molecule has 0 saturated carbocycles. The third-order valence-electron chi connectivity index (χ3n) is 7.72. The van der Waals surface area contributed by atoms with Crippen molar-refractivity contribution in [2.75, 3.05) is 35.6 Å². The number of piperidine rings is 1. The lowest BCUT2D eigenvalue weighted by Gasteiger charge is -2.31. The van der Waals surface area contributed by atoms with Gasteiger partial charge < -0.3 is 30.5 Å². The molecule has 1 fully saturated rings. The van der Waals surface area contributed by atoms with Crippen molar-refractivity contribution in [3.63, 3.8) is 0 Å². The molecule has 2 aliphatic heterocycles. The normalized spacial score (nSPS) is 14.1. The van der Waals surface area contributed by atoms with Crippen LogP contribution in [0.4, 0.5) is 59.3 Å². The maximum Gasteiger partial charge on any atom is 0.490 e. The molecule has 0 unspecified atom stereocenters. The Bertz CT molecular complexity index is 1870. The number of likely N-dealkylation sites (tertiary alicyclic amines) is 1. The van der Waals surface area contributed by atoms with Gasteiger partial charge in [-0.1, -0.05) is 11.6 Å². The Balaban J connectivity index is 0.000000396. The molecule has 6 bridgehead atoms. The second-order valence-corrected chi connectivity index (χ2v) is 13.0. The van der Waals surface area contributed by atoms with Crippen molar-refractivity contribution in [3.8, 4) is 5.75 Å². The summed E-state index contributed by atoms with van der Waals surface area (Å²) in [6.07, 6.45) is -0.422. The number of fused-ring (bicyclic) bond motifs is 6. The lowest BCUT2D eigenvalue weighted by molar-refractivity contribution is -0.193. The molecule has 3 aromatic heterocycles. The van der Waals surface area contributed by atoms with E-state index in [4.69, 9.17) is 36.1 Å². The van der Waals surface area contributed by atoms with Gasteiger partial charge in [0.25, 0.3) is 0 Å². The van der Waals surface area contributed by atoms with Gasteiger partial charge in [-0.25, -0.2) is 19.4 Å². The fourth-order valence-corrected chi connectivity index (χ4v) is 5.79. The number of carboxylic acids is 2. The van der Waals surface area contributed by atoms with Gasteiger partial charge in [0, 0.05) is 25.0 Å². The number of pyridine rings is 1. The molecule has 5 heterocycles. The molecular weight excluding hydrogens is 772 g/mol. The number of aryl methyl sites for hydroxylation is 2. The van der Waals surface area contributed by atoms with Gasteiger partial charge in [0.1, 0.15) is 10.8 Å². The third kappa shape index (κ3) is 12.9. The van der Waals surface area contributed by atoms with Crippen LogP contribution in [0.15, 0.2) is 60.4 Å². The molecule has 6 rings (SSSR count). The second-order valence-electron chi connectivity index (χ2n) is 11.6. The average Bonchev–Trinajstić information content (AvgIpc) is 3.62. The van der Waals surface area contributed by atoms with Crippen LogP contribution >= 0.6 is 22.9 Å². The molecule has 1 saturated heterocycles. The van der Waals surface area contributed by atoms with Crippen LogP contribution in [0, 0.1) is 5.92 Å². The number of carboxylic acid groups (broad SMARTS) is 2. The number of anilines is 5. The van der Waals surface area contributed by atoms with E-state index in [1.807, 2.05) is 40.7 Å². The highest BCUT2D eigenvalue weighted by atomic mass is 35.5. The van der Waals surface area contributed by atoms with E-state index in [1.165, 1.54) is 11.3 Å². The molecule has 2 amide bonds. The monoisotopic (exact) mass is 803 g/mol. The van der Waals surface area contributed by atoms with Gasteiger partial charge in [0.05, 0.1) is 29.7 Å². The molecule has 21 heteroatoms. The molecular formula is C33H32ClF6N7O6S. The number of ether oxygens (including phenoxy) is 1. The molecule has 13 nitrogen and oxygen atoms in total. The number of amides is 2. The van der Waals surface area contributed by atoms with E-state index in [0.29, 0.717) is 29.3 Å². The number of nitrogens with zero attached hydrogens (tertiary/aromatic N) is 4. The molecule has 0 atom stereocenters. The molecule has 54 heavy (non-hydrogen) atoms. The number of urea groups is 1. The van der Waals surface area contributed by atoms with E-state index in [-0.39, 0.29) is 6.03 Å². The Hall–Kier alpha value is -5.37. The van der Waals surface area contributed by atoms with Crippen LogP contribution < -0.4 is 20.7 Å². The van der Waals surface area contributed by atoms with Crippen LogP contribution in [0.5, 0.6) is 5.75 Å². The third-order valence-corrected chi connectivity index (χ3v) is 8.78. The number of rotatable bonds is 5. The molecule has 0 aliphatic carbocycles. The lowest BCUT2D eigenvalue weighted by Crippen LogP contribution is -2.41. The van der Waals surface area contributed by atoms with Gasteiger partial charge in [0.2, 0.25) is 5.95 Å². The first kappa shape index (κ1) is 41.4. The van der Waals surface area contributed by atoms with E-state index in [1.54, 1.807) is 12.4 Å². The zero-order valence-corrected chi connectivity index (χ0v) is 29.5. The first-order valence-corrected chi connectivity index (χ1v) is 17.2. The number of hydrogen-bond acceptors (Lipinski definition) is 10. The zero-order valence-electron chi connectivity index (χ0n) is 27.9. The highest BCUT2D eigenvalue weighted by Crippen LogP contribution is 2.31. The first-order valence-electron chi connectivity index (χ1n) is 15.9. The van der Waals surface area contributed by atoms with Crippen LogP contribution in [-0.4, -0.2) is 80.1 Å². The second kappa shape index (κ2) is 18.6. The number of halogens is 7. The van der Waals surface area contributed by atoms with Crippen LogP contribution in [0.1, 0.15) is 30.4 Å². The Morgan fingerprint density at radius 3 is 2.26 bits per heavy atom. The van der Waals surface area contributed by atoms with E-state index < -0.39 is 24.3 Å². The number of alkyl halides is 6. The number of benzene rings is 1. The highest BCUT2D eigenvalue weighted by molar-refractivity contribution is 7.14. The summed E-state index contributed by atoms with van der Waals surface area (Å²) in [6.45, 7) is 2.17. The Kier molecular flexibility index (Phi) is 14.3. The number of carbonyl (C=O) groups is 3. The first-order chi connectivity index (χ1) is 25.5. The van der Waals surface area contributed by atoms with Crippen molar-refractivity contribution in [1.82, 2.24) is 19.9 Å². The van der Waals surface area contributed by atoms with Crippen molar-refractivity contribution in [1.29, 1.82) is 0 Å². The standard InChI is InChI=1S/C29H30ClN7O2S.2C2HF3O2/c30-24-18-32-28-34-23-14-20(16-31-17-23)3-4-21-15-22(33-27(24)36-28)5-6-25(21)39-12-9-19-7-10-37(11-8-19)29(38)35-26-2-1-13-40-26;2*3-2(4,5)1(6)7/h1-2,5-6,13-19H,3-4,7-12H2,(H,35,38)(H2,32,33,34,36);2*(H,6,7). The largest absolute Gasteiger partial charge is 0.493 e. The van der Waals surface area contributed by atoms with Crippen LogP contribution in [0.3, 0.4) is 0 Å². The number of hydrogen-bond donors (Lipinski definition) is 5.